The third-order valence-electron chi connectivity index (χ3n) is 2.65. The van der Waals surface area contributed by atoms with E-state index in [4.69, 9.17) is 0 Å². The van der Waals surface area contributed by atoms with Crippen LogP contribution in [0.2, 0.25) is 0 Å². The maximum absolute atomic E-state index is 13.0. The van der Waals surface area contributed by atoms with Gasteiger partial charge in [0.1, 0.15) is 11.9 Å². The van der Waals surface area contributed by atoms with Crippen molar-refractivity contribution in [1.82, 2.24) is 4.98 Å². The van der Waals surface area contributed by atoms with Gasteiger partial charge in [-0.05, 0) is 23.8 Å². The Balaban J connectivity index is 2.43. The number of rotatable bonds is 2. The second-order valence-corrected chi connectivity index (χ2v) is 4.93. The van der Waals surface area contributed by atoms with Gasteiger partial charge in [-0.2, -0.15) is 13.2 Å². The smallest absolute Gasteiger partial charge is 0.384 e. The van der Waals surface area contributed by atoms with Gasteiger partial charge in [0.25, 0.3) is 0 Å². The maximum Gasteiger partial charge on any atom is 0.417 e. The highest BCUT2D eigenvalue weighted by molar-refractivity contribution is 9.10. The molecule has 0 radical (unpaired) electrons. The first-order valence-corrected chi connectivity index (χ1v) is 6.23. The second kappa shape index (κ2) is 5.49. The lowest BCUT2D eigenvalue weighted by molar-refractivity contribution is -0.138. The van der Waals surface area contributed by atoms with Crippen molar-refractivity contribution in [2.24, 2.45) is 0 Å². The van der Waals surface area contributed by atoms with E-state index in [2.05, 4.69) is 20.9 Å². The van der Waals surface area contributed by atoms with Crippen LogP contribution in [0.5, 0.6) is 0 Å². The van der Waals surface area contributed by atoms with Gasteiger partial charge in [-0.3, -0.25) is 4.98 Å². The van der Waals surface area contributed by atoms with Crippen molar-refractivity contribution < 1.29 is 22.7 Å². The molecule has 0 bridgehead atoms. The van der Waals surface area contributed by atoms with Crippen LogP contribution in [-0.2, 0) is 6.18 Å². The number of nitrogens with zero attached hydrogens (tertiary/aromatic N) is 1. The Morgan fingerprint density at radius 1 is 1.10 bits per heavy atom. The zero-order valence-electron chi connectivity index (χ0n) is 9.83. The van der Waals surface area contributed by atoms with Crippen molar-refractivity contribution in [1.29, 1.82) is 0 Å². The largest absolute Gasteiger partial charge is 0.417 e. The first-order valence-electron chi connectivity index (χ1n) is 5.44. The minimum absolute atomic E-state index is 0.00734. The van der Waals surface area contributed by atoms with Crippen LogP contribution in [-0.4, -0.2) is 10.1 Å². The SMILES string of the molecule is OC(c1cncc(F)c1)c1ccc(Br)c(C(F)(F)F)c1. The van der Waals surface area contributed by atoms with Crippen LogP contribution in [0.4, 0.5) is 17.6 Å². The second-order valence-electron chi connectivity index (χ2n) is 4.08. The van der Waals surface area contributed by atoms with Crippen molar-refractivity contribution in [2.45, 2.75) is 12.3 Å². The van der Waals surface area contributed by atoms with Gasteiger partial charge in [-0.15, -0.1) is 0 Å². The molecule has 0 aliphatic carbocycles. The number of aliphatic hydroxyl groups is 1. The Hall–Kier alpha value is -1.47. The highest BCUT2D eigenvalue weighted by Gasteiger charge is 2.33. The standard InChI is InChI=1S/C13H8BrF4NO/c14-11-2-1-7(4-10(11)13(16,17)18)12(20)8-3-9(15)6-19-5-8/h1-6,12,20H. The van der Waals surface area contributed by atoms with Gasteiger partial charge in [-0.1, -0.05) is 22.0 Å². The highest BCUT2D eigenvalue weighted by Crippen LogP contribution is 2.37. The van der Waals surface area contributed by atoms with E-state index in [1.807, 2.05) is 0 Å². The van der Waals surface area contributed by atoms with Crippen LogP contribution in [0.25, 0.3) is 0 Å². The lowest BCUT2D eigenvalue weighted by Crippen LogP contribution is -2.09. The van der Waals surface area contributed by atoms with Crippen molar-refractivity contribution in [3.05, 3.63) is 63.6 Å². The van der Waals surface area contributed by atoms with Gasteiger partial charge in [0.2, 0.25) is 0 Å². The van der Waals surface area contributed by atoms with Crippen LogP contribution < -0.4 is 0 Å². The van der Waals surface area contributed by atoms with E-state index in [9.17, 15) is 22.7 Å². The quantitative estimate of drug-likeness (QED) is 0.828. The van der Waals surface area contributed by atoms with E-state index >= 15 is 0 Å². The molecule has 1 aromatic carbocycles. The predicted octanol–water partition coefficient (Wildman–Crippen LogP) is 4.08. The van der Waals surface area contributed by atoms with Crippen LogP contribution in [0, 0.1) is 5.82 Å². The number of aromatic nitrogens is 1. The van der Waals surface area contributed by atoms with Crippen LogP contribution in [0.15, 0.2) is 41.1 Å². The van der Waals surface area contributed by atoms with Gasteiger partial charge in [0.05, 0.1) is 11.8 Å². The summed E-state index contributed by atoms with van der Waals surface area (Å²) in [6, 6.07) is 4.36. The molecule has 0 fully saturated rings. The van der Waals surface area contributed by atoms with Gasteiger partial charge >= 0.3 is 6.18 Å². The lowest BCUT2D eigenvalue weighted by Gasteiger charge is -2.15. The zero-order valence-corrected chi connectivity index (χ0v) is 11.4. The molecule has 0 aliphatic heterocycles. The summed E-state index contributed by atoms with van der Waals surface area (Å²) in [7, 11) is 0. The Kier molecular flexibility index (Phi) is 4.10. The first-order chi connectivity index (χ1) is 9.29. The topological polar surface area (TPSA) is 33.1 Å². The van der Waals surface area contributed by atoms with Crippen molar-refractivity contribution in [3.8, 4) is 0 Å². The average molecular weight is 350 g/mol. The van der Waals surface area contributed by atoms with Crippen molar-refractivity contribution in [2.75, 3.05) is 0 Å². The van der Waals surface area contributed by atoms with Crippen LogP contribution in [0.1, 0.15) is 22.8 Å². The fraction of sp³-hybridized carbons (Fsp3) is 0.154. The van der Waals surface area contributed by atoms with Crippen molar-refractivity contribution >= 4 is 15.9 Å². The molecule has 2 rings (SSSR count). The molecule has 1 N–H and O–H groups in total. The molecule has 0 saturated carbocycles. The Labute approximate surface area is 120 Å². The molecule has 0 aliphatic rings. The Morgan fingerprint density at radius 2 is 1.80 bits per heavy atom. The summed E-state index contributed by atoms with van der Waals surface area (Å²) in [5, 5.41) is 10.0. The van der Waals surface area contributed by atoms with Crippen LogP contribution in [0.3, 0.4) is 0 Å². The van der Waals surface area contributed by atoms with Crippen molar-refractivity contribution in [3.63, 3.8) is 0 Å². The van der Waals surface area contributed by atoms with E-state index in [0.29, 0.717) is 0 Å². The number of alkyl halides is 3. The molecule has 106 valence electrons. The number of hydrogen-bond acceptors (Lipinski definition) is 2. The molecule has 1 aromatic heterocycles. The summed E-state index contributed by atoms with van der Waals surface area (Å²) in [6.45, 7) is 0. The molecule has 0 amide bonds. The summed E-state index contributed by atoms with van der Waals surface area (Å²) in [4.78, 5) is 3.55. The van der Waals surface area contributed by atoms with E-state index < -0.39 is 23.7 Å². The summed E-state index contributed by atoms with van der Waals surface area (Å²) in [5.41, 5.74) is -0.813. The number of aliphatic hydroxyl groups excluding tert-OH is 1. The monoisotopic (exact) mass is 349 g/mol. The molecule has 2 nitrogen and oxygen atoms in total. The number of pyridine rings is 1. The minimum Gasteiger partial charge on any atom is -0.384 e. The average Bonchev–Trinajstić information content (AvgIpc) is 2.37. The number of benzene rings is 1. The molecular weight excluding hydrogens is 342 g/mol. The Morgan fingerprint density at radius 3 is 2.40 bits per heavy atom. The zero-order chi connectivity index (χ0) is 14.9. The van der Waals surface area contributed by atoms with Gasteiger partial charge in [-0.25, -0.2) is 4.39 Å². The Bertz CT molecular complexity index is 630. The predicted molar refractivity (Wildman–Crippen MR) is 67.4 cm³/mol. The summed E-state index contributed by atoms with van der Waals surface area (Å²) >= 11 is 2.81. The summed E-state index contributed by atoms with van der Waals surface area (Å²) in [5.74, 6) is -0.672. The molecular formula is C13H8BrF4NO. The molecule has 2 aromatic rings. The van der Waals surface area contributed by atoms with E-state index in [1.165, 1.54) is 18.3 Å². The maximum atomic E-state index is 13.0. The third-order valence-corrected chi connectivity index (χ3v) is 3.34. The third kappa shape index (κ3) is 3.16. The highest BCUT2D eigenvalue weighted by atomic mass is 79.9. The first kappa shape index (κ1) is 14.9. The molecule has 1 unspecified atom stereocenters. The molecule has 1 atom stereocenters. The molecule has 7 heteroatoms. The molecule has 1 heterocycles. The number of halogens is 5. The molecule has 20 heavy (non-hydrogen) atoms. The molecule has 0 saturated heterocycles. The lowest BCUT2D eigenvalue weighted by atomic mass is 10.0. The van der Waals surface area contributed by atoms with Gasteiger partial charge in [0, 0.05) is 16.2 Å². The van der Waals surface area contributed by atoms with E-state index in [-0.39, 0.29) is 15.6 Å². The normalized spacial score (nSPS) is 13.3. The summed E-state index contributed by atoms with van der Waals surface area (Å²) in [6.07, 6.45) is -3.79. The number of hydrogen-bond donors (Lipinski definition) is 1. The van der Waals surface area contributed by atoms with E-state index in [0.717, 1.165) is 18.3 Å². The van der Waals surface area contributed by atoms with E-state index in [1.54, 1.807) is 0 Å². The fourth-order valence-corrected chi connectivity index (χ4v) is 2.17. The van der Waals surface area contributed by atoms with Gasteiger partial charge in [0.15, 0.2) is 0 Å². The minimum atomic E-state index is -4.55. The fourth-order valence-electron chi connectivity index (χ4n) is 1.70. The summed E-state index contributed by atoms with van der Waals surface area (Å²) < 4.78 is 51.2. The van der Waals surface area contributed by atoms with Gasteiger partial charge < -0.3 is 5.11 Å². The molecule has 0 spiro atoms. The van der Waals surface area contributed by atoms with Crippen LogP contribution >= 0.6 is 15.9 Å².